The van der Waals surface area contributed by atoms with Crippen LogP contribution < -0.4 is 10.5 Å². The number of para-hydroxylation sites is 1. The average Bonchev–Trinajstić information content (AvgIpc) is 2.46. The van der Waals surface area contributed by atoms with E-state index in [0.29, 0.717) is 32.6 Å². The lowest BCUT2D eigenvalue weighted by Crippen LogP contribution is -2.61. The van der Waals surface area contributed by atoms with E-state index < -0.39 is 11.0 Å². The lowest BCUT2D eigenvalue weighted by molar-refractivity contribution is -0.143. The van der Waals surface area contributed by atoms with Gasteiger partial charge in [0.1, 0.15) is 5.75 Å². The van der Waals surface area contributed by atoms with Gasteiger partial charge in [-0.05, 0) is 19.4 Å². The zero-order valence-corrected chi connectivity index (χ0v) is 12.0. The highest BCUT2D eigenvalue weighted by Crippen LogP contribution is 2.49. The van der Waals surface area contributed by atoms with Gasteiger partial charge in [0.25, 0.3) is 0 Å². The molecule has 3 atom stereocenters. The van der Waals surface area contributed by atoms with Gasteiger partial charge < -0.3 is 20.3 Å². The van der Waals surface area contributed by atoms with Crippen LogP contribution in [0.1, 0.15) is 31.7 Å². The second kappa shape index (κ2) is 5.02. The van der Waals surface area contributed by atoms with Gasteiger partial charge >= 0.3 is 0 Å². The highest BCUT2D eigenvalue weighted by atomic mass is 16.5. The first kappa shape index (κ1) is 13.9. The Morgan fingerprint density at radius 2 is 2.10 bits per heavy atom. The second-order valence-corrected chi connectivity index (χ2v) is 6.05. The van der Waals surface area contributed by atoms with Gasteiger partial charge in [-0.25, -0.2) is 0 Å². The SMILES string of the molecule is CC1CC(O)(C2(CN)CCOc3ccccc32)CCO1. The smallest absolute Gasteiger partial charge is 0.123 e. The van der Waals surface area contributed by atoms with Crippen LogP contribution in [-0.2, 0) is 10.2 Å². The molecule has 1 aromatic rings. The minimum Gasteiger partial charge on any atom is -0.493 e. The topological polar surface area (TPSA) is 64.7 Å². The largest absolute Gasteiger partial charge is 0.493 e. The number of benzene rings is 1. The molecule has 0 aliphatic carbocycles. The van der Waals surface area contributed by atoms with Crippen LogP contribution in [0.25, 0.3) is 0 Å². The molecule has 2 heterocycles. The Bertz CT molecular complexity index is 492. The van der Waals surface area contributed by atoms with E-state index in [1.807, 2.05) is 31.2 Å². The molecule has 110 valence electrons. The maximum atomic E-state index is 11.3. The van der Waals surface area contributed by atoms with E-state index in [1.165, 1.54) is 0 Å². The maximum absolute atomic E-state index is 11.3. The second-order valence-electron chi connectivity index (χ2n) is 6.05. The number of hydrogen-bond acceptors (Lipinski definition) is 4. The van der Waals surface area contributed by atoms with Gasteiger partial charge in [0, 0.05) is 37.0 Å². The van der Waals surface area contributed by atoms with Crippen LogP contribution in [0.5, 0.6) is 5.75 Å². The third-order valence-electron chi connectivity index (χ3n) is 4.97. The molecule has 3 N–H and O–H groups in total. The maximum Gasteiger partial charge on any atom is 0.123 e. The number of aliphatic hydroxyl groups is 1. The molecule has 1 aromatic carbocycles. The van der Waals surface area contributed by atoms with Crippen molar-refractivity contribution in [2.24, 2.45) is 5.73 Å². The molecule has 3 rings (SSSR count). The van der Waals surface area contributed by atoms with Crippen LogP contribution in [0.15, 0.2) is 24.3 Å². The zero-order valence-electron chi connectivity index (χ0n) is 12.0. The number of hydrogen-bond donors (Lipinski definition) is 2. The normalized spacial score (nSPS) is 37.0. The van der Waals surface area contributed by atoms with Crippen molar-refractivity contribution < 1.29 is 14.6 Å². The predicted octanol–water partition coefficient (Wildman–Crippen LogP) is 1.60. The van der Waals surface area contributed by atoms with Crippen molar-refractivity contribution in [3.8, 4) is 5.75 Å². The molecule has 0 aromatic heterocycles. The number of ether oxygens (including phenoxy) is 2. The molecule has 4 heteroatoms. The summed E-state index contributed by atoms with van der Waals surface area (Å²) in [5, 5.41) is 11.3. The van der Waals surface area contributed by atoms with Crippen molar-refractivity contribution in [3.05, 3.63) is 29.8 Å². The molecule has 0 radical (unpaired) electrons. The highest BCUT2D eigenvalue weighted by molar-refractivity contribution is 5.44. The zero-order chi connectivity index (χ0) is 14.2. The Kier molecular flexibility index (Phi) is 3.48. The monoisotopic (exact) mass is 277 g/mol. The first-order valence-electron chi connectivity index (χ1n) is 7.38. The summed E-state index contributed by atoms with van der Waals surface area (Å²) in [5.74, 6) is 0.858. The average molecular weight is 277 g/mol. The number of nitrogens with two attached hydrogens (primary N) is 1. The lowest BCUT2D eigenvalue weighted by Gasteiger charge is -2.52. The summed E-state index contributed by atoms with van der Waals surface area (Å²) in [5.41, 5.74) is 5.95. The van der Waals surface area contributed by atoms with Gasteiger partial charge in [0.05, 0.1) is 18.3 Å². The summed E-state index contributed by atoms with van der Waals surface area (Å²) in [6.45, 7) is 3.63. The summed E-state index contributed by atoms with van der Waals surface area (Å²) in [7, 11) is 0. The Balaban J connectivity index is 2.08. The minimum atomic E-state index is -0.820. The van der Waals surface area contributed by atoms with Gasteiger partial charge in [0.15, 0.2) is 0 Å². The molecule has 4 nitrogen and oxygen atoms in total. The van der Waals surface area contributed by atoms with Crippen LogP contribution in [0, 0.1) is 0 Å². The van der Waals surface area contributed by atoms with Crippen molar-refractivity contribution in [1.82, 2.24) is 0 Å². The first-order valence-corrected chi connectivity index (χ1v) is 7.38. The third-order valence-corrected chi connectivity index (χ3v) is 4.97. The summed E-state index contributed by atoms with van der Waals surface area (Å²) in [4.78, 5) is 0. The molecular weight excluding hydrogens is 254 g/mol. The van der Waals surface area contributed by atoms with Crippen LogP contribution >= 0.6 is 0 Å². The molecule has 1 fully saturated rings. The summed E-state index contributed by atoms with van der Waals surface area (Å²) in [6, 6.07) is 7.95. The fraction of sp³-hybridized carbons (Fsp3) is 0.625. The Morgan fingerprint density at radius 3 is 2.85 bits per heavy atom. The van der Waals surface area contributed by atoms with E-state index in [9.17, 15) is 5.11 Å². The summed E-state index contributed by atoms with van der Waals surface area (Å²) >= 11 is 0. The van der Waals surface area contributed by atoms with Gasteiger partial charge in [-0.2, -0.15) is 0 Å². The van der Waals surface area contributed by atoms with Crippen molar-refractivity contribution >= 4 is 0 Å². The van der Waals surface area contributed by atoms with Crippen LogP contribution in [0.2, 0.25) is 0 Å². The van der Waals surface area contributed by atoms with Gasteiger partial charge in [-0.3, -0.25) is 0 Å². The van der Waals surface area contributed by atoms with Crippen molar-refractivity contribution in [1.29, 1.82) is 0 Å². The van der Waals surface area contributed by atoms with Crippen LogP contribution in [-0.4, -0.2) is 36.6 Å². The quantitative estimate of drug-likeness (QED) is 0.861. The number of fused-ring (bicyclic) bond motifs is 1. The highest BCUT2D eigenvalue weighted by Gasteiger charge is 2.54. The minimum absolute atomic E-state index is 0.0622. The molecular formula is C16H23NO3. The van der Waals surface area contributed by atoms with Gasteiger partial charge in [-0.1, -0.05) is 18.2 Å². The first-order chi connectivity index (χ1) is 9.61. The molecule has 0 saturated carbocycles. The molecule has 0 spiro atoms. The fourth-order valence-electron chi connectivity index (χ4n) is 3.84. The van der Waals surface area contributed by atoms with E-state index in [-0.39, 0.29) is 6.10 Å². The van der Waals surface area contributed by atoms with E-state index in [1.54, 1.807) is 0 Å². The molecule has 20 heavy (non-hydrogen) atoms. The predicted molar refractivity (Wildman–Crippen MR) is 76.9 cm³/mol. The van der Waals surface area contributed by atoms with E-state index in [4.69, 9.17) is 15.2 Å². The third kappa shape index (κ3) is 1.94. The van der Waals surface area contributed by atoms with E-state index in [2.05, 4.69) is 0 Å². The van der Waals surface area contributed by atoms with Crippen molar-refractivity contribution in [2.45, 2.75) is 43.3 Å². The Hall–Kier alpha value is -1.10. The Labute approximate surface area is 119 Å². The van der Waals surface area contributed by atoms with Crippen LogP contribution in [0.4, 0.5) is 0 Å². The van der Waals surface area contributed by atoms with Crippen LogP contribution in [0.3, 0.4) is 0 Å². The molecule has 2 aliphatic heterocycles. The molecule has 1 saturated heterocycles. The number of rotatable bonds is 2. The van der Waals surface area contributed by atoms with Gasteiger partial charge in [-0.15, -0.1) is 0 Å². The molecule has 0 bridgehead atoms. The molecule has 3 unspecified atom stereocenters. The molecule has 0 amide bonds. The van der Waals surface area contributed by atoms with E-state index in [0.717, 1.165) is 17.7 Å². The summed E-state index contributed by atoms with van der Waals surface area (Å²) in [6.07, 6.45) is 2.07. The standard InChI is InChI=1S/C16H23NO3/c1-12-10-16(18,7-9-19-12)15(11-17)6-8-20-14-5-3-2-4-13(14)15/h2-5,12,18H,6-11,17H2,1H3. The van der Waals surface area contributed by atoms with Crippen molar-refractivity contribution in [3.63, 3.8) is 0 Å². The van der Waals surface area contributed by atoms with Crippen molar-refractivity contribution in [2.75, 3.05) is 19.8 Å². The summed E-state index contributed by atoms with van der Waals surface area (Å²) < 4.78 is 11.4. The fourth-order valence-corrected chi connectivity index (χ4v) is 3.84. The van der Waals surface area contributed by atoms with Gasteiger partial charge in [0.2, 0.25) is 0 Å². The lowest BCUT2D eigenvalue weighted by atomic mass is 9.60. The van der Waals surface area contributed by atoms with E-state index >= 15 is 0 Å². The Morgan fingerprint density at radius 1 is 1.30 bits per heavy atom. The molecule has 2 aliphatic rings.